The Balaban J connectivity index is 1.57. The Morgan fingerprint density at radius 1 is 1.16 bits per heavy atom. The zero-order valence-electron chi connectivity index (χ0n) is 14.8. The number of hydrogen-bond acceptors (Lipinski definition) is 3. The molecule has 0 aromatic heterocycles. The van der Waals surface area contributed by atoms with Gasteiger partial charge in [0.2, 0.25) is 5.91 Å². The highest BCUT2D eigenvalue weighted by atomic mass is 32.2. The number of likely N-dealkylation sites (N-methyl/N-ethyl adjacent to an activating group) is 1. The highest BCUT2D eigenvalue weighted by Gasteiger charge is 2.24. The number of carbonyl (C=O) groups is 1. The molecule has 1 aliphatic rings. The normalized spacial score (nSPS) is 16.3. The van der Waals surface area contributed by atoms with E-state index in [1.807, 2.05) is 61.2 Å². The van der Waals surface area contributed by atoms with Gasteiger partial charge in [0.05, 0.1) is 18.6 Å². The Kier molecular flexibility index (Phi) is 5.82. The van der Waals surface area contributed by atoms with Gasteiger partial charge < -0.3 is 10.0 Å². The summed E-state index contributed by atoms with van der Waals surface area (Å²) < 4.78 is 0. The fourth-order valence-corrected chi connectivity index (χ4v) is 3.78. The number of nitrogens with zero attached hydrogens (tertiary/aromatic N) is 1. The number of aliphatic hydroxyl groups is 1. The predicted molar refractivity (Wildman–Crippen MR) is 103 cm³/mol. The maximum Gasteiger partial charge on any atom is 0.227 e. The van der Waals surface area contributed by atoms with Gasteiger partial charge in [0.15, 0.2) is 0 Å². The molecule has 4 heteroatoms. The van der Waals surface area contributed by atoms with Crippen molar-refractivity contribution < 1.29 is 9.90 Å². The van der Waals surface area contributed by atoms with E-state index in [0.717, 1.165) is 16.4 Å². The zero-order chi connectivity index (χ0) is 17.8. The molecule has 132 valence electrons. The zero-order valence-corrected chi connectivity index (χ0v) is 15.6. The van der Waals surface area contributed by atoms with Gasteiger partial charge in [-0.2, -0.15) is 0 Å². The fourth-order valence-electron chi connectivity index (χ4n) is 2.73. The van der Waals surface area contributed by atoms with Crippen molar-refractivity contribution in [1.29, 1.82) is 0 Å². The molecule has 25 heavy (non-hydrogen) atoms. The van der Waals surface area contributed by atoms with E-state index in [0.29, 0.717) is 6.42 Å². The first-order chi connectivity index (χ1) is 12.0. The summed E-state index contributed by atoms with van der Waals surface area (Å²) in [5.41, 5.74) is 1.84. The monoisotopic (exact) mass is 355 g/mol. The Hall–Kier alpha value is -1.78. The van der Waals surface area contributed by atoms with Crippen molar-refractivity contribution in [2.45, 2.75) is 48.5 Å². The van der Waals surface area contributed by atoms with E-state index in [4.69, 9.17) is 0 Å². The maximum atomic E-state index is 12.6. The van der Waals surface area contributed by atoms with E-state index in [2.05, 4.69) is 12.1 Å². The van der Waals surface area contributed by atoms with Gasteiger partial charge in [0.25, 0.3) is 0 Å². The first-order valence-corrected chi connectivity index (χ1v) is 9.67. The second kappa shape index (κ2) is 8.07. The van der Waals surface area contributed by atoms with Gasteiger partial charge in [-0.1, -0.05) is 42.5 Å². The van der Waals surface area contributed by atoms with Crippen LogP contribution in [0.25, 0.3) is 0 Å². The van der Waals surface area contributed by atoms with Crippen molar-refractivity contribution in [2.75, 3.05) is 7.05 Å². The van der Waals surface area contributed by atoms with Crippen LogP contribution in [0, 0.1) is 0 Å². The molecule has 0 saturated heterocycles. The molecular weight excluding hydrogens is 330 g/mol. The molecule has 0 bridgehead atoms. The SMILES string of the molecule is CC(C(O)c1ccccc1)N(C)C(=O)Cc1ccc(SC2CC2)cc1. The summed E-state index contributed by atoms with van der Waals surface area (Å²) in [6, 6.07) is 17.5. The van der Waals surface area contributed by atoms with Gasteiger partial charge in [-0.15, -0.1) is 11.8 Å². The van der Waals surface area contributed by atoms with Crippen LogP contribution in [0.4, 0.5) is 0 Å². The molecule has 1 aliphatic carbocycles. The minimum Gasteiger partial charge on any atom is -0.386 e. The van der Waals surface area contributed by atoms with Crippen molar-refractivity contribution >= 4 is 17.7 Å². The third-order valence-electron chi connectivity index (χ3n) is 4.71. The van der Waals surface area contributed by atoms with Crippen LogP contribution in [-0.4, -0.2) is 34.3 Å². The van der Waals surface area contributed by atoms with Crippen LogP contribution in [-0.2, 0) is 11.2 Å². The number of hydrogen-bond donors (Lipinski definition) is 1. The lowest BCUT2D eigenvalue weighted by molar-refractivity contribution is -0.133. The molecule has 0 radical (unpaired) electrons. The van der Waals surface area contributed by atoms with E-state index in [9.17, 15) is 9.90 Å². The standard InChI is InChI=1S/C21H25NO2S/c1-15(21(24)17-6-4-3-5-7-17)22(2)20(23)14-16-8-10-18(11-9-16)25-19-12-13-19/h3-11,15,19,21,24H,12-14H2,1-2H3. The van der Waals surface area contributed by atoms with Gasteiger partial charge in [0, 0.05) is 17.2 Å². The first kappa shape index (κ1) is 18.0. The van der Waals surface area contributed by atoms with Crippen LogP contribution in [0.2, 0.25) is 0 Å². The molecule has 0 spiro atoms. The van der Waals surface area contributed by atoms with Crippen LogP contribution in [0.15, 0.2) is 59.5 Å². The van der Waals surface area contributed by atoms with E-state index in [1.165, 1.54) is 17.7 Å². The molecule has 3 nitrogen and oxygen atoms in total. The Morgan fingerprint density at radius 2 is 1.80 bits per heavy atom. The molecule has 2 aromatic rings. The van der Waals surface area contributed by atoms with Gasteiger partial charge in [-0.25, -0.2) is 0 Å². The average molecular weight is 356 g/mol. The Bertz CT molecular complexity index is 698. The Labute approximate surface area is 154 Å². The molecule has 1 amide bonds. The lowest BCUT2D eigenvalue weighted by Crippen LogP contribution is -2.39. The summed E-state index contributed by atoms with van der Waals surface area (Å²) in [7, 11) is 1.76. The number of thioether (sulfide) groups is 1. The first-order valence-electron chi connectivity index (χ1n) is 8.79. The quantitative estimate of drug-likeness (QED) is 0.814. The largest absolute Gasteiger partial charge is 0.386 e. The number of aliphatic hydroxyl groups excluding tert-OH is 1. The van der Waals surface area contributed by atoms with Crippen molar-refractivity contribution in [3.63, 3.8) is 0 Å². The van der Waals surface area contributed by atoms with E-state index in [1.54, 1.807) is 11.9 Å². The number of rotatable bonds is 7. The van der Waals surface area contributed by atoms with Crippen LogP contribution in [0.5, 0.6) is 0 Å². The number of carbonyl (C=O) groups excluding carboxylic acids is 1. The second-order valence-corrected chi connectivity index (χ2v) is 8.11. The summed E-state index contributed by atoms with van der Waals surface area (Å²) in [6.07, 6.45) is 2.30. The summed E-state index contributed by atoms with van der Waals surface area (Å²) in [5.74, 6) is 0.0186. The molecule has 0 aliphatic heterocycles. The van der Waals surface area contributed by atoms with Crippen molar-refractivity contribution in [1.82, 2.24) is 4.90 Å². The van der Waals surface area contributed by atoms with Crippen molar-refractivity contribution in [3.05, 3.63) is 65.7 Å². The Morgan fingerprint density at radius 3 is 2.40 bits per heavy atom. The fraction of sp³-hybridized carbons (Fsp3) is 0.381. The van der Waals surface area contributed by atoms with Crippen molar-refractivity contribution in [3.8, 4) is 0 Å². The average Bonchev–Trinajstić information content (AvgIpc) is 3.46. The number of amides is 1. The molecule has 0 heterocycles. The molecule has 3 rings (SSSR count). The van der Waals surface area contributed by atoms with E-state index in [-0.39, 0.29) is 11.9 Å². The van der Waals surface area contributed by atoms with Gasteiger partial charge in [-0.3, -0.25) is 4.79 Å². The minimum absolute atomic E-state index is 0.0186. The third-order valence-corrected chi connectivity index (χ3v) is 6.06. The second-order valence-electron chi connectivity index (χ2n) is 6.74. The lowest BCUT2D eigenvalue weighted by Gasteiger charge is -2.29. The minimum atomic E-state index is -0.688. The van der Waals surface area contributed by atoms with Crippen molar-refractivity contribution in [2.24, 2.45) is 0 Å². The maximum absolute atomic E-state index is 12.6. The van der Waals surface area contributed by atoms with Crippen LogP contribution in [0.3, 0.4) is 0 Å². The van der Waals surface area contributed by atoms with E-state index >= 15 is 0 Å². The summed E-state index contributed by atoms with van der Waals surface area (Å²) in [4.78, 5) is 15.5. The molecular formula is C21H25NO2S. The summed E-state index contributed by atoms with van der Waals surface area (Å²) >= 11 is 1.92. The lowest BCUT2D eigenvalue weighted by atomic mass is 10.0. The molecule has 2 aromatic carbocycles. The van der Waals surface area contributed by atoms with Gasteiger partial charge >= 0.3 is 0 Å². The van der Waals surface area contributed by atoms with Crippen LogP contribution >= 0.6 is 11.8 Å². The molecule has 1 fully saturated rings. The topological polar surface area (TPSA) is 40.5 Å². The molecule has 2 atom stereocenters. The highest BCUT2D eigenvalue weighted by molar-refractivity contribution is 8.00. The van der Waals surface area contributed by atoms with E-state index < -0.39 is 6.10 Å². The van der Waals surface area contributed by atoms with Gasteiger partial charge in [0.1, 0.15) is 0 Å². The van der Waals surface area contributed by atoms with Crippen LogP contribution in [0.1, 0.15) is 37.0 Å². The predicted octanol–water partition coefficient (Wildman–Crippen LogP) is 4.06. The third kappa shape index (κ3) is 4.86. The molecule has 2 unspecified atom stereocenters. The highest BCUT2D eigenvalue weighted by Crippen LogP contribution is 2.39. The van der Waals surface area contributed by atoms with Crippen LogP contribution < -0.4 is 0 Å². The smallest absolute Gasteiger partial charge is 0.227 e. The number of benzene rings is 2. The summed E-state index contributed by atoms with van der Waals surface area (Å²) in [5, 5.41) is 11.3. The summed E-state index contributed by atoms with van der Waals surface area (Å²) in [6.45, 7) is 1.88. The molecule has 1 N–H and O–H groups in total. The van der Waals surface area contributed by atoms with Gasteiger partial charge in [-0.05, 0) is 43.0 Å². The molecule has 1 saturated carbocycles.